The van der Waals surface area contributed by atoms with E-state index in [1.165, 1.54) is 11.6 Å². The summed E-state index contributed by atoms with van der Waals surface area (Å²) in [5.74, 6) is -0.0542. The van der Waals surface area contributed by atoms with E-state index in [0.29, 0.717) is 6.61 Å². The van der Waals surface area contributed by atoms with Gasteiger partial charge in [0, 0.05) is 18.3 Å². The number of nitrogens with one attached hydrogen (secondary N) is 1. The Morgan fingerprint density at radius 3 is 2.35 bits per heavy atom. The third kappa shape index (κ3) is 5.18. The standard InChI is InChI=1S/C19H21NO3/c1-3-23-18-10-4-15(5-11-18)13-20-17-8-6-16(7-9-17)14(2)12-19(21)22/h4-12,20H,3,13H2,1-2H3,(H,21,22). The lowest BCUT2D eigenvalue weighted by molar-refractivity contribution is -0.131. The molecular formula is C19H21NO3. The Hall–Kier alpha value is -2.75. The van der Waals surface area contributed by atoms with Gasteiger partial charge in [-0.25, -0.2) is 4.79 Å². The van der Waals surface area contributed by atoms with Crippen molar-refractivity contribution in [2.24, 2.45) is 0 Å². The molecule has 2 N–H and O–H groups in total. The summed E-state index contributed by atoms with van der Waals surface area (Å²) in [5.41, 5.74) is 3.79. The van der Waals surface area contributed by atoms with E-state index in [0.717, 1.165) is 29.1 Å². The van der Waals surface area contributed by atoms with Gasteiger partial charge in [0.15, 0.2) is 0 Å². The molecule has 0 atom stereocenters. The molecule has 23 heavy (non-hydrogen) atoms. The van der Waals surface area contributed by atoms with Gasteiger partial charge >= 0.3 is 5.97 Å². The molecule has 2 rings (SSSR count). The predicted octanol–water partition coefficient (Wildman–Crippen LogP) is 4.19. The first-order chi connectivity index (χ1) is 11.1. The molecule has 0 heterocycles. The van der Waals surface area contributed by atoms with Crippen LogP contribution in [0.5, 0.6) is 5.75 Å². The van der Waals surface area contributed by atoms with Crippen LogP contribution in [0.3, 0.4) is 0 Å². The van der Waals surface area contributed by atoms with Crippen molar-refractivity contribution < 1.29 is 14.6 Å². The summed E-state index contributed by atoms with van der Waals surface area (Å²) < 4.78 is 5.42. The number of allylic oxidation sites excluding steroid dienone is 1. The smallest absolute Gasteiger partial charge is 0.328 e. The fraction of sp³-hybridized carbons (Fsp3) is 0.211. The second-order valence-corrected chi connectivity index (χ2v) is 5.17. The van der Waals surface area contributed by atoms with Crippen molar-refractivity contribution in [2.45, 2.75) is 20.4 Å². The number of anilines is 1. The number of hydrogen-bond acceptors (Lipinski definition) is 3. The molecule has 0 bridgehead atoms. The zero-order valence-electron chi connectivity index (χ0n) is 13.4. The van der Waals surface area contributed by atoms with Gasteiger partial charge in [-0.2, -0.15) is 0 Å². The molecule has 0 aliphatic carbocycles. The Balaban J connectivity index is 1.94. The molecule has 0 saturated carbocycles. The lowest BCUT2D eigenvalue weighted by atomic mass is 10.1. The first-order valence-corrected chi connectivity index (χ1v) is 7.55. The van der Waals surface area contributed by atoms with Gasteiger partial charge in [0.2, 0.25) is 0 Å². The number of rotatable bonds is 7. The van der Waals surface area contributed by atoms with E-state index in [1.54, 1.807) is 6.92 Å². The van der Waals surface area contributed by atoms with E-state index in [1.807, 2.05) is 55.5 Å². The van der Waals surface area contributed by atoms with Crippen LogP contribution in [0.15, 0.2) is 54.6 Å². The summed E-state index contributed by atoms with van der Waals surface area (Å²) >= 11 is 0. The van der Waals surface area contributed by atoms with Crippen LogP contribution in [0.25, 0.3) is 5.57 Å². The first kappa shape index (κ1) is 16.6. The van der Waals surface area contributed by atoms with Gasteiger partial charge in [-0.3, -0.25) is 0 Å². The monoisotopic (exact) mass is 311 g/mol. The van der Waals surface area contributed by atoms with E-state index >= 15 is 0 Å². The van der Waals surface area contributed by atoms with Crippen molar-refractivity contribution in [3.63, 3.8) is 0 Å². The zero-order chi connectivity index (χ0) is 16.7. The minimum absolute atomic E-state index is 0.666. The Morgan fingerprint density at radius 1 is 1.13 bits per heavy atom. The highest BCUT2D eigenvalue weighted by Gasteiger charge is 2.00. The lowest BCUT2D eigenvalue weighted by Crippen LogP contribution is -1.99. The van der Waals surface area contributed by atoms with Crippen molar-refractivity contribution in [1.82, 2.24) is 0 Å². The fourth-order valence-electron chi connectivity index (χ4n) is 2.19. The molecule has 0 fully saturated rings. The maximum absolute atomic E-state index is 10.7. The SMILES string of the molecule is CCOc1ccc(CNc2ccc(C(C)=CC(=O)O)cc2)cc1. The third-order valence-corrected chi connectivity index (χ3v) is 3.41. The van der Waals surface area contributed by atoms with Crippen LogP contribution in [-0.4, -0.2) is 17.7 Å². The molecule has 2 aromatic rings. The van der Waals surface area contributed by atoms with Gasteiger partial charge in [-0.15, -0.1) is 0 Å². The number of carbonyl (C=O) groups is 1. The summed E-state index contributed by atoms with van der Waals surface area (Å²) in [5, 5.41) is 12.1. The Bertz CT molecular complexity index is 673. The summed E-state index contributed by atoms with van der Waals surface area (Å²) in [6.07, 6.45) is 1.21. The van der Waals surface area contributed by atoms with Crippen molar-refractivity contribution >= 4 is 17.2 Å². The van der Waals surface area contributed by atoms with Crippen LogP contribution in [-0.2, 0) is 11.3 Å². The maximum Gasteiger partial charge on any atom is 0.328 e. The zero-order valence-corrected chi connectivity index (χ0v) is 13.4. The Morgan fingerprint density at radius 2 is 1.78 bits per heavy atom. The highest BCUT2D eigenvalue weighted by molar-refractivity contribution is 5.89. The van der Waals surface area contributed by atoms with E-state index in [9.17, 15) is 4.79 Å². The average molecular weight is 311 g/mol. The quantitative estimate of drug-likeness (QED) is 0.753. The van der Waals surface area contributed by atoms with Crippen molar-refractivity contribution in [2.75, 3.05) is 11.9 Å². The minimum atomic E-state index is -0.930. The Kier molecular flexibility index (Phi) is 5.80. The second-order valence-electron chi connectivity index (χ2n) is 5.17. The molecule has 120 valence electrons. The van der Waals surface area contributed by atoms with Crippen LogP contribution in [0.1, 0.15) is 25.0 Å². The summed E-state index contributed by atoms with van der Waals surface area (Å²) in [4.78, 5) is 10.7. The lowest BCUT2D eigenvalue weighted by Gasteiger charge is -2.09. The number of benzene rings is 2. The minimum Gasteiger partial charge on any atom is -0.494 e. The first-order valence-electron chi connectivity index (χ1n) is 7.55. The fourth-order valence-corrected chi connectivity index (χ4v) is 2.19. The van der Waals surface area contributed by atoms with Crippen LogP contribution >= 0.6 is 0 Å². The highest BCUT2D eigenvalue weighted by atomic mass is 16.5. The van der Waals surface area contributed by atoms with Crippen LogP contribution in [0.2, 0.25) is 0 Å². The molecule has 0 saturated heterocycles. The third-order valence-electron chi connectivity index (χ3n) is 3.41. The Labute approximate surface area is 136 Å². The molecule has 2 aromatic carbocycles. The van der Waals surface area contributed by atoms with Crippen molar-refractivity contribution in [3.8, 4) is 5.75 Å². The molecule has 0 aliphatic rings. The molecule has 0 aliphatic heterocycles. The molecule has 0 amide bonds. The van der Waals surface area contributed by atoms with Gasteiger partial charge in [0.05, 0.1) is 6.61 Å². The van der Waals surface area contributed by atoms with E-state index in [2.05, 4.69) is 5.32 Å². The molecule has 4 nitrogen and oxygen atoms in total. The van der Waals surface area contributed by atoms with Crippen molar-refractivity contribution in [3.05, 3.63) is 65.7 Å². The number of aliphatic carboxylic acids is 1. The van der Waals surface area contributed by atoms with Crippen LogP contribution in [0, 0.1) is 0 Å². The number of ether oxygens (including phenoxy) is 1. The highest BCUT2D eigenvalue weighted by Crippen LogP contribution is 2.18. The maximum atomic E-state index is 10.7. The van der Waals surface area contributed by atoms with Gasteiger partial charge in [0.1, 0.15) is 5.75 Å². The normalized spacial score (nSPS) is 11.1. The van der Waals surface area contributed by atoms with Crippen LogP contribution in [0.4, 0.5) is 5.69 Å². The van der Waals surface area contributed by atoms with E-state index in [4.69, 9.17) is 9.84 Å². The van der Waals surface area contributed by atoms with Crippen LogP contribution < -0.4 is 10.1 Å². The topological polar surface area (TPSA) is 58.6 Å². The molecule has 0 spiro atoms. The van der Waals surface area contributed by atoms with E-state index < -0.39 is 5.97 Å². The van der Waals surface area contributed by atoms with Gasteiger partial charge < -0.3 is 15.2 Å². The number of carboxylic acids is 1. The molecule has 4 heteroatoms. The second kappa shape index (κ2) is 8.03. The van der Waals surface area contributed by atoms with Gasteiger partial charge in [0.25, 0.3) is 0 Å². The predicted molar refractivity (Wildman–Crippen MR) is 92.7 cm³/mol. The summed E-state index contributed by atoms with van der Waals surface area (Å²) in [6.45, 7) is 5.14. The summed E-state index contributed by atoms with van der Waals surface area (Å²) in [7, 11) is 0. The average Bonchev–Trinajstić information content (AvgIpc) is 2.54. The number of hydrogen-bond donors (Lipinski definition) is 2. The van der Waals surface area contributed by atoms with Gasteiger partial charge in [-0.1, -0.05) is 24.3 Å². The van der Waals surface area contributed by atoms with Crippen molar-refractivity contribution in [1.29, 1.82) is 0 Å². The molecular weight excluding hydrogens is 290 g/mol. The largest absolute Gasteiger partial charge is 0.494 e. The molecule has 0 unspecified atom stereocenters. The summed E-state index contributed by atoms with van der Waals surface area (Å²) in [6, 6.07) is 15.7. The molecule has 0 aromatic heterocycles. The number of carboxylic acid groups (broad SMARTS) is 1. The van der Waals surface area contributed by atoms with Gasteiger partial charge in [-0.05, 0) is 54.8 Å². The van der Waals surface area contributed by atoms with E-state index in [-0.39, 0.29) is 0 Å². The molecule has 0 radical (unpaired) electrons.